The van der Waals surface area contributed by atoms with Gasteiger partial charge in [-0.25, -0.2) is 8.42 Å². The van der Waals surface area contributed by atoms with E-state index in [2.05, 4.69) is 4.99 Å². The fraction of sp³-hybridized carbons (Fsp3) is 0.111. The minimum absolute atomic E-state index is 0. The maximum Gasteiger partial charge on any atom is 0.280 e. The van der Waals surface area contributed by atoms with Crippen molar-refractivity contribution in [2.45, 2.75) is 4.90 Å². The molecular formula is C9H10Cl3N3O3S. The Morgan fingerprint density at radius 2 is 1.79 bits per heavy atom. The van der Waals surface area contributed by atoms with E-state index in [9.17, 15) is 13.2 Å². The molecule has 0 spiro atoms. The fourth-order valence-corrected chi connectivity index (χ4v) is 2.72. The van der Waals surface area contributed by atoms with Crippen LogP contribution in [0.25, 0.3) is 0 Å². The molecule has 0 saturated heterocycles. The maximum atomic E-state index is 11.6. The Balaban J connectivity index is 0.00000324. The summed E-state index contributed by atoms with van der Waals surface area (Å²) in [6, 6.07) is 2.26. The second-order valence-electron chi connectivity index (χ2n) is 3.38. The van der Waals surface area contributed by atoms with Gasteiger partial charge in [-0.15, -0.1) is 12.4 Å². The van der Waals surface area contributed by atoms with E-state index in [4.69, 9.17) is 34.7 Å². The van der Waals surface area contributed by atoms with Crippen LogP contribution in [0.2, 0.25) is 10.0 Å². The molecular weight excluding hydrogens is 337 g/mol. The summed E-state index contributed by atoms with van der Waals surface area (Å²) < 4.78 is 22.9. The lowest BCUT2D eigenvalue weighted by molar-refractivity contribution is 0.100. The molecule has 0 aliphatic rings. The monoisotopic (exact) mass is 345 g/mol. The summed E-state index contributed by atoms with van der Waals surface area (Å²) in [6.07, 6.45) is 0.944. The predicted octanol–water partition coefficient (Wildman–Crippen LogP) is 1.23. The lowest BCUT2D eigenvalue weighted by Gasteiger charge is -2.06. The Morgan fingerprint density at radius 1 is 1.26 bits per heavy atom. The van der Waals surface area contributed by atoms with Gasteiger partial charge in [0.1, 0.15) is 0 Å². The smallest absolute Gasteiger partial charge is 0.280 e. The van der Waals surface area contributed by atoms with Gasteiger partial charge in [0, 0.05) is 11.8 Å². The minimum Gasteiger partial charge on any atom is -0.370 e. The Hall–Kier alpha value is -1.02. The molecule has 0 aliphatic carbocycles. The molecule has 0 fully saturated rings. The Kier molecular flexibility index (Phi) is 6.08. The SMILES string of the molecule is CS(=O)(=O)c1cc(C(=O)N=C(N)N)cc(Cl)c1Cl.Cl. The normalized spacial score (nSPS) is 10.5. The van der Waals surface area contributed by atoms with Crippen molar-refractivity contribution in [3.05, 3.63) is 27.7 Å². The summed E-state index contributed by atoms with van der Waals surface area (Å²) in [5.41, 5.74) is 10.0. The number of hydrogen-bond acceptors (Lipinski definition) is 3. The molecule has 0 aliphatic heterocycles. The molecule has 106 valence electrons. The number of carbonyl (C=O) groups is 1. The summed E-state index contributed by atoms with van der Waals surface area (Å²) in [5.74, 6) is -1.24. The van der Waals surface area contributed by atoms with Gasteiger partial charge in [-0.1, -0.05) is 23.2 Å². The van der Waals surface area contributed by atoms with Crippen LogP contribution in [0.3, 0.4) is 0 Å². The number of hydrogen-bond donors (Lipinski definition) is 2. The average molecular weight is 347 g/mol. The molecule has 1 rings (SSSR count). The third-order valence-electron chi connectivity index (χ3n) is 1.87. The first-order valence-corrected chi connectivity index (χ1v) is 7.10. The number of amides is 1. The summed E-state index contributed by atoms with van der Waals surface area (Å²) in [7, 11) is -3.62. The zero-order valence-corrected chi connectivity index (χ0v) is 12.7. The van der Waals surface area contributed by atoms with Crippen molar-refractivity contribution in [3.8, 4) is 0 Å². The fourth-order valence-electron chi connectivity index (χ4n) is 1.14. The van der Waals surface area contributed by atoms with Crippen molar-refractivity contribution in [1.82, 2.24) is 0 Å². The molecule has 0 atom stereocenters. The molecule has 0 heterocycles. The standard InChI is InChI=1S/C9H9Cl2N3O3S.ClH/c1-18(16,17)6-3-4(2-5(10)7(6)11)8(15)14-9(12)13;/h2-3H,1H3,(H4,12,13,14,15);1H. The number of nitrogens with two attached hydrogens (primary N) is 2. The van der Waals surface area contributed by atoms with Crippen LogP contribution >= 0.6 is 35.6 Å². The van der Waals surface area contributed by atoms with E-state index in [1.54, 1.807) is 0 Å². The van der Waals surface area contributed by atoms with Crippen molar-refractivity contribution < 1.29 is 13.2 Å². The first kappa shape index (κ1) is 18.0. The van der Waals surface area contributed by atoms with Crippen molar-refractivity contribution >= 4 is 57.3 Å². The first-order chi connectivity index (χ1) is 8.12. The number of sulfone groups is 1. The van der Waals surface area contributed by atoms with E-state index < -0.39 is 21.7 Å². The highest BCUT2D eigenvalue weighted by Crippen LogP contribution is 2.31. The van der Waals surface area contributed by atoms with Crippen LogP contribution < -0.4 is 11.5 Å². The molecule has 0 aromatic heterocycles. The van der Waals surface area contributed by atoms with E-state index in [1.807, 2.05) is 0 Å². The summed E-state index contributed by atoms with van der Waals surface area (Å²) in [5, 5.41) is -0.228. The molecule has 1 aromatic carbocycles. The van der Waals surface area contributed by atoms with Crippen LogP contribution in [-0.2, 0) is 9.84 Å². The topological polar surface area (TPSA) is 116 Å². The number of aliphatic imine (C=N–C) groups is 1. The Labute approximate surface area is 126 Å². The molecule has 1 aromatic rings. The zero-order valence-electron chi connectivity index (χ0n) is 9.55. The van der Waals surface area contributed by atoms with Crippen LogP contribution in [-0.4, -0.2) is 26.5 Å². The third kappa shape index (κ3) is 4.54. The van der Waals surface area contributed by atoms with Gasteiger partial charge in [0.2, 0.25) is 0 Å². The maximum absolute atomic E-state index is 11.6. The Morgan fingerprint density at radius 3 is 2.21 bits per heavy atom. The number of guanidine groups is 1. The van der Waals surface area contributed by atoms with E-state index in [0.29, 0.717) is 0 Å². The lowest BCUT2D eigenvalue weighted by atomic mass is 10.2. The highest BCUT2D eigenvalue weighted by atomic mass is 35.5. The highest BCUT2D eigenvalue weighted by Gasteiger charge is 2.19. The van der Waals surface area contributed by atoms with Crippen LogP contribution in [0.15, 0.2) is 22.0 Å². The van der Waals surface area contributed by atoms with E-state index in [1.165, 1.54) is 6.07 Å². The summed E-state index contributed by atoms with van der Waals surface area (Å²) >= 11 is 11.5. The van der Waals surface area contributed by atoms with Crippen LogP contribution in [0.1, 0.15) is 10.4 Å². The largest absolute Gasteiger partial charge is 0.370 e. The van der Waals surface area contributed by atoms with Gasteiger partial charge in [0.15, 0.2) is 15.8 Å². The summed E-state index contributed by atoms with van der Waals surface area (Å²) in [6.45, 7) is 0. The van der Waals surface area contributed by atoms with Gasteiger partial charge in [-0.3, -0.25) is 4.79 Å². The number of carbonyl (C=O) groups excluding carboxylic acids is 1. The minimum atomic E-state index is -3.62. The van der Waals surface area contributed by atoms with Crippen LogP contribution in [0, 0.1) is 0 Å². The van der Waals surface area contributed by atoms with Gasteiger partial charge < -0.3 is 11.5 Å². The van der Waals surface area contributed by atoms with E-state index >= 15 is 0 Å². The van der Waals surface area contributed by atoms with Gasteiger partial charge in [0.05, 0.1) is 14.9 Å². The lowest BCUT2D eigenvalue weighted by Crippen LogP contribution is -2.24. The molecule has 0 unspecified atom stereocenters. The van der Waals surface area contributed by atoms with E-state index in [0.717, 1.165) is 12.3 Å². The zero-order chi connectivity index (χ0) is 14.1. The van der Waals surface area contributed by atoms with Gasteiger partial charge in [-0.2, -0.15) is 4.99 Å². The molecule has 0 radical (unpaired) electrons. The van der Waals surface area contributed by atoms with Crippen LogP contribution in [0.4, 0.5) is 0 Å². The third-order valence-corrected chi connectivity index (χ3v) is 3.91. The van der Waals surface area contributed by atoms with Gasteiger partial charge >= 0.3 is 0 Å². The second kappa shape index (κ2) is 6.42. The first-order valence-electron chi connectivity index (χ1n) is 4.46. The number of nitrogens with zero attached hydrogens (tertiary/aromatic N) is 1. The van der Waals surface area contributed by atoms with Gasteiger partial charge in [0.25, 0.3) is 5.91 Å². The van der Waals surface area contributed by atoms with Crippen molar-refractivity contribution in [3.63, 3.8) is 0 Å². The molecule has 0 bridgehead atoms. The van der Waals surface area contributed by atoms with Crippen molar-refractivity contribution in [2.24, 2.45) is 16.5 Å². The highest BCUT2D eigenvalue weighted by molar-refractivity contribution is 7.90. The van der Waals surface area contributed by atoms with Crippen molar-refractivity contribution in [2.75, 3.05) is 6.26 Å². The Bertz CT molecular complexity index is 640. The molecule has 4 N–H and O–H groups in total. The van der Waals surface area contributed by atoms with Crippen molar-refractivity contribution in [1.29, 1.82) is 0 Å². The number of benzene rings is 1. The second-order valence-corrected chi connectivity index (χ2v) is 6.15. The quantitative estimate of drug-likeness (QED) is 0.617. The van der Waals surface area contributed by atoms with Crippen LogP contribution in [0.5, 0.6) is 0 Å². The molecule has 19 heavy (non-hydrogen) atoms. The molecule has 0 saturated carbocycles. The predicted molar refractivity (Wildman–Crippen MR) is 77.0 cm³/mol. The van der Waals surface area contributed by atoms with Gasteiger partial charge in [-0.05, 0) is 12.1 Å². The summed E-state index contributed by atoms with van der Waals surface area (Å²) in [4.78, 5) is 14.6. The molecule has 10 heteroatoms. The average Bonchev–Trinajstić information content (AvgIpc) is 2.18. The number of halogens is 3. The number of rotatable bonds is 2. The molecule has 1 amide bonds. The molecule has 6 nitrogen and oxygen atoms in total. The van der Waals surface area contributed by atoms with E-state index in [-0.39, 0.29) is 32.9 Å².